The number of rotatable bonds is 7. The van der Waals surface area contributed by atoms with Crippen molar-refractivity contribution < 1.29 is 23.9 Å². The van der Waals surface area contributed by atoms with Gasteiger partial charge in [0, 0.05) is 40.0 Å². The molecule has 0 spiro atoms. The number of ketones is 1. The molecule has 246 valence electrons. The van der Waals surface area contributed by atoms with Crippen molar-refractivity contribution in [1.82, 2.24) is 14.9 Å². The van der Waals surface area contributed by atoms with Crippen molar-refractivity contribution in [3.63, 3.8) is 0 Å². The van der Waals surface area contributed by atoms with E-state index in [-0.39, 0.29) is 30.6 Å². The van der Waals surface area contributed by atoms with Gasteiger partial charge in [-0.25, -0.2) is 4.79 Å². The molecule has 0 saturated heterocycles. The minimum atomic E-state index is -1.04. The van der Waals surface area contributed by atoms with Gasteiger partial charge in [-0.05, 0) is 85.2 Å². The quantitative estimate of drug-likeness (QED) is 0.170. The number of methoxy groups -OCH3 is 1. The van der Waals surface area contributed by atoms with E-state index in [1.54, 1.807) is 36.5 Å². The lowest BCUT2D eigenvalue weighted by molar-refractivity contribution is -0.134. The lowest BCUT2D eigenvalue weighted by Gasteiger charge is -2.29. The Labute approximate surface area is 279 Å². The molecule has 7 rings (SSSR count). The van der Waals surface area contributed by atoms with E-state index < -0.39 is 11.5 Å². The number of carbonyl (C=O) groups excluding carboxylic acids is 4. The Hall–Kier alpha value is -5.05. The van der Waals surface area contributed by atoms with Crippen LogP contribution in [0.15, 0.2) is 66.9 Å². The smallest absolute Gasteiger partial charge is 0.330 e. The van der Waals surface area contributed by atoms with Gasteiger partial charge >= 0.3 is 5.97 Å². The predicted molar refractivity (Wildman–Crippen MR) is 184 cm³/mol. The summed E-state index contributed by atoms with van der Waals surface area (Å²) in [6.45, 7) is 0.226. The van der Waals surface area contributed by atoms with Gasteiger partial charge in [-0.2, -0.15) is 0 Å². The second kappa shape index (κ2) is 13.2. The molecule has 0 radical (unpaired) electrons. The molecule has 2 amide bonds. The number of esters is 1. The minimum absolute atomic E-state index is 0.0877. The van der Waals surface area contributed by atoms with Gasteiger partial charge in [0.15, 0.2) is 5.78 Å². The van der Waals surface area contributed by atoms with Crippen molar-refractivity contribution in [1.29, 1.82) is 0 Å². The molecular weight excluding hydrogens is 604 g/mol. The fourth-order valence-electron chi connectivity index (χ4n) is 7.83. The SMILES string of the molecule is COC(=O)/C=C/c1ccc(NC(=O)C2(NC(=O)c3ccc4c(C5CCCCC5)c5n(c4c3)CC(=O)Cc3ncccc3-5)CCCC2)cc1. The van der Waals surface area contributed by atoms with Crippen LogP contribution in [0.5, 0.6) is 0 Å². The fraction of sp³-hybridized carbons (Fsp3) is 0.359. The highest BCUT2D eigenvalue weighted by molar-refractivity contribution is 6.06. The summed E-state index contributed by atoms with van der Waals surface area (Å²) < 4.78 is 6.74. The first-order chi connectivity index (χ1) is 23.3. The number of nitrogens with one attached hydrogen (secondary N) is 2. The number of hydrogen-bond donors (Lipinski definition) is 2. The number of pyridine rings is 1. The van der Waals surface area contributed by atoms with Gasteiger partial charge in [0.2, 0.25) is 5.91 Å². The number of aromatic nitrogens is 2. The normalized spacial score (nSPS) is 17.5. The van der Waals surface area contributed by atoms with E-state index >= 15 is 0 Å². The highest BCUT2D eigenvalue weighted by atomic mass is 16.5. The molecule has 9 nitrogen and oxygen atoms in total. The van der Waals surface area contributed by atoms with Crippen molar-refractivity contribution in [2.24, 2.45) is 0 Å². The highest BCUT2D eigenvalue weighted by Gasteiger charge is 2.43. The first kappa shape index (κ1) is 31.5. The van der Waals surface area contributed by atoms with Gasteiger partial charge in [0.1, 0.15) is 5.54 Å². The molecule has 0 unspecified atom stereocenters. The molecule has 3 aliphatic rings. The summed E-state index contributed by atoms with van der Waals surface area (Å²) in [6.07, 6.45) is 13.5. The number of carbonyl (C=O) groups is 4. The predicted octanol–water partition coefficient (Wildman–Crippen LogP) is 6.74. The zero-order valence-electron chi connectivity index (χ0n) is 27.2. The minimum Gasteiger partial charge on any atom is -0.466 e. The molecule has 0 bridgehead atoms. The van der Waals surface area contributed by atoms with Gasteiger partial charge in [-0.1, -0.05) is 50.3 Å². The Morgan fingerprint density at radius 1 is 0.979 bits per heavy atom. The standard InChI is InChI=1S/C39H40N4O5/c1-48-34(45)18-13-25-11-15-28(16-12-25)41-38(47)39(19-5-6-20-39)42-37(46)27-14-17-31-33(22-27)43-24-29(44)23-32-30(10-7-21-40-32)36(43)35(31)26-8-3-2-4-9-26/h7,10-18,21-22,26H,2-6,8-9,19-20,23-24H2,1H3,(H,41,47)(H,42,46)/b18-13+. The van der Waals surface area contributed by atoms with Gasteiger partial charge in [0.25, 0.3) is 5.91 Å². The van der Waals surface area contributed by atoms with E-state index in [0.717, 1.165) is 59.1 Å². The third-order valence-corrected chi connectivity index (χ3v) is 10.2. The summed E-state index contributed by atoms with van der Waals surface area (Å²) in [5.41, 5.74) is 5.80. The van der Waals surface area contributed by atoms with Gasteiger partial charge in [0.05, 0.1) is 31.5 Å². The van der Waals surface area contributed by atoms with Crippen molar-refractivity contribution in [2.45, 2.75) is 82.2 Å². The molecule has 3 heterocycles. The van der Waals surface area contributed by atoms with Crippen LogP contribution < -0.4 is 10.6 Å². The van der Waals surface area contributed by atoms with Crippen molar-refractivity contribution in [2.75, 3.05) is 12.4 Å². The number of hydrogen-bond acceptors (Lipinski definition) is 6. The average Bonchev–Trinajstić information content (AvgIpc) is 3.67. The number of anilines is 1. The molecule has 2 aliphatic carbocycles. The molecular formula is C39H40N4O5. The number of Topliss-reactive ketones (excluding diaryl/α,β-unsaturated/α-hetero) is 1. The summed E-state index contributed by atoms with van der Waals surface area (Å²) >= 11 is 0. The topological polar surface area (TPSA) is 119 Å². The van der Waals surface area contributed by atoms with Crippen LogP contribution in [0.4, 0.5) is 5.69 Å². The maximum absolute atomic E-state index is 14.0. The van der Waals surface area contributed by atoms with Crippen LogP contribution in [-0.2, 0) is 32.1 Å². The molecule has 2 aromatic carbocycles. The Bertz CT molecular complexity index is 1930. The second-order valence-corrected chi connectivity index (χ2v) is 13.3. The summed E-state index contributed by atoms with van der Waals surface area (Å²) in [7, 11) is 1.32. The molecule has 9 heteroatoms. The van der Waals surface area contributed by atoms with Crippen molar-refractivity contribution in [3.8, 4) is 11.3 Å². The first-order valence-corrected chi connectivity index (χ1v) is 17.0. The van der Waals surface area contributed by atoms with Crippen molar-refractivity contribution >= 4 is 46.2 Å². The van der Waals surface area contributed by atoms with Gasteiger partial charge < -0.3 is 19.9 Å². The zero-order valence-corrected chi connectivity index (χ0v) is 27.2. The van der Waals surface area contributed by atoms with E-state index in [1.807, 2.05) is 24.3 Å². The Kier molecular flexibility index (Phi) is 8.69. The Morgan fingerprint density at radius 3 is 2.50 bits per heavy atom. The molecule has 1 aliphatic heterocycles. The number of ether oxygens (including phenoxy) is 1. The van der Waals surface area contributed by atoms with Crippen LogP contribution in [0.25, 0.3) is 28.2 Å². The summed E-state index contributed by atoms with van der Waals surface area (Å²) in [4.78, 5) is 57.0. The van der Waals surface area contributed by atoms with Crippen LogP contribution >= 0.6 is 0 Å². The number of benzene rings is 2. The Balaban J connectivity index is 1.19. The largest absolute Gasteiger partial charge is 0.466 e. The maximum Gasteiger partial charge on any atom is 0.330 e. The molecule has 2 fully saturated rings. The van der Waals surface area contributed by atoms with E-state index in [0.29, 0.717) is 30.0 Å². The monoisotopic (exact) mass is 644 g/mol. The summed E-state index contributed by atoms with van der Waals surface area (Å²) in [5, 5.41) is 7.21. The maximum atomic E-state index is 14.0. The third-order valence-electron chi connectivity index (χ3n) is 10.2. The highest BCUT2D eigenvalue weighted by Crippen LogP contribution is 2.45. The molecule has 2 saturated carbocycles. The molecule has 4 aromatic rings. The molecule has 0 atom stereocenters. The third kappa shape index (κ3) is 6.05. The molecule has 2 aromatic heterocycles. The number of amides is 2. The van der Waals surface area contributed by atoms with E-state index in [9.17, 15) is 19.2 Å². The molecule has 2 N–H and O–H groups in total. The number of fused-ring (bicyclic) bond motifs is 5. The van der Waals surface area contributed by atoms with Gasteiger partial charge in [-0.3, -0.25) is 19.4 Å². The summed E-state index contributed by atoms with van der Waals surface area (Å²) in [6, 6.07) is 16.9. The second-order valence-electron chi connectivity index (χ2n) is 13.3. The lowest BCUT2D eigenvalue weighted by Crippen LogP contribution is -2.55. The summed E-state index contributed by atoms with van der Waals surface area (Å²) in [5.74, 6) is -0.544. The van der Waals surface area contributed by atoms with Crippen LogP contribution in [0.2, 0.25) is 0 Å². The molecule has 48 heavy (non-hydrogen) atoms. The van der Waals surface area contributed by atoms with Crippen LogP contribution in [0.3, 0.4) is 0 Å². The average molecular weight is 645 g/mol. The number of nitrogens with zero attached hydrogens (tertiary/aromatic N) is 2. The van der Waals surface area contributed by atoms with E-state index in [4.69, 9.17) is 0 Å². The lowest BCUT2D eigenvalue weighted by atomic mass is 9.81. The zero-order chi connectivity index (χ0) is 33.3. The Morgan fingerprint density at radius 2 is 1.75 bits per heavy atom. The van der Waals surface area contributed by atoms with Crippen LogP contribution in [-0.4, -0.2) is 45.8 Å². The van der Waals surface area contributed by atoms with E-state index in [2.05, 4.69) is 31.0 Å². The fourth-order valence-corrected chi connectivity index (χ4v) is 7.83. The van der Waals surface area contributed by atoms with E-state index in [1.165, 1.54) is 38.0 Å². The first-order valence-electron chi connectivity index (χ1n) is 17.0. The van der Waals surface area contributed by atoms with Gasteiger partial charge in [-0.15, -0.1) is 0 Å². The van der Waals surface area contributed by atoms with Crippen molar-refractivity contribution in [3.05, 3.63) is 89.3 Å². The van der Waals surface area contributed by atoms with Crippen LogP contribution in [0, 0.1) is 0 Å². The van der Waals surface area contributed by atoms with Crippen LogP contribution in [0.1, 0.15) is 90.9 Å².